The van der Waals surface area contributed by atoms with E-state index in [1.165, 1.54) is 24.3 Å². The number of aryl methyl sites for hydroxylation is 2. The van der Waals surface area contributed by atoms with E-state index in [0.717, 1.165) is 27.6 Å². The molecule has 0 saturated carbocycles. The summed E-state index contributed by atoms with van der Waals surface area (Å²) in [4.78, 5) is 12.8. The van der Waals surface area contributed by atoms with Crippen LogP contribution in [0.25, 0.3) is 0 Å². The molecule has 0 radical (unpaired) electrons. The van der Waals surface area contributed by atoms with Crippen molar-refractivity contribution in [3.8, 4) is 5.75 Å². The Labute approximate surface area is 194 Å². The van der Waals surface area contributed by atoms with E-state index in [9.17, 15) is 17.6 Å². The van der Waals surface area contributed by atoms with Crippen molar-refractivity contribution in [1.82, 2.24) is 5.32 Å². The maximum Gasteiger partial charge on any atom is 0.264 e. The fourth-order valence-electron chi connectivity index (χ4n) is 3.19. The van der Waals surface area contributed by atoms with Gasteiger partial charge in [-0.25, -0.2) is 12.8 Å². The van der Waals surface area contributed by atoms with Crippen molar-refractivity contribution in [2.24, 2.45) is 0 Å². The third-order valence-electron chi connectivity index (χ3n) is 5.00. The minimum Gasteiger partial charge on any atom is -0.491 e. The van der Waals surface area contributed by atoms with Crippen LogP contribution in [0.4, 0.5) is 10.1 Å². The van der Waals surface area contributed by atoms with Crippen LogP contribution in [0.2, 0.25) is 0 Å². The number of amides is 1. The van der Waals surface area contributed by atoms with Crippen LogP contribution in [0.1, 0.15) is 18.1 Å². The van der Waals surface area contributed by atoms with Crippen LogP contribution in [-0.4, -0.2) is 33.5 Å². The Kier molecular flexibility index (Phi) is 7.71. The predicted molar refractivity (Wildman–Crippen MR) is 126 cm³/mol. The maximum atomic E-state index is 13.4. The molecule has 1 amide bonds. The second-order valence-corrected chi connectivity index (χ2v) is 9.71. The zero-order valence-corrected chi connectivity index (χ0v) is 19.6. The highest BCUT2D eigenvalue weighted by Crippen LogP contribution is 2.24. The Morgan fingerprint density at radius 2 is 1.64 bits per heavy atom. The van der Waals surface area contributed by atoms with Gasteiger partial charge >= 0.3 is 0 Å². The van der Waals surface area contributed by atoms with Gasteiger partial charge in [0.15, 0.2) is 0 Å². The molecule has 0 aliphatic rings. The van der Waals surface area contributed by atoms with Crippen molar-refractivity contribution < 1.29 is 22.3 Å². The molecule has 3 aromatic carbocycles. The number of carbonyl (C=O) groups is 1. The average molecular weight is 471 g/mol. The van der Waals surface area contributed by atoms with Gasteiger partial charge in [-0.2, -0.15) is 0 Å². The van der Waals surface area contributed by atoms with E-state index in [4.69, 9.17) is 4.74 Å². The molecule has 0 fully saturated rings. The summed E-state index contributed by atoms with van der Waals surface area (Å²) in [5.41, 5.74) is 2.07. The number of para-hydroxylation sites is 1. The van der Waals surface area contributed by atoms with E-state index >= 15 is 0 Å². The van der Waals surface area contributed by atoms with Gasteiger partial charge in [0.25, 0.3) is 10.0 Å². The van der Waals surface area contributed by atoms with E-state index in [1.807, 2.05) is 38.1 Å². The van der Waals surface area contributed by atoms with Gasteiger partial charge < -0.3 is 10.1 Å². The number of rotatable bonds is 9. The van der Waals surface area contributed by atoms with Gasteiger partial charge in [-0.3, -0.25) is 9.10 Å². The first kappa shape index (κ1) is 24.3. The summed E-state index contributed by atoms with van der Waals surface area (Å²) in [7, 11) is -4.06. The van der Waals surface area contributed by atoms with Gasteiger partial charge in [-0.15, -0.1) is 0 Å². The summed E-state index contributed by atoms with van der Waals surface area (Å²) in [6, 6.07) is 18.5. The topological polar surface area (TPSA) is 75.7 Å². The smallest absolute Gasteiger partial charge is 0.264 e. The molecule has 1 N–H and O–H groups in total. The van der Waals surface area contributed by atoms with E-state index in [1.54, 1.807) is 19.1 Å². The van der Waals surface area contributed by atoms with Crippen molar-refractivity contribution in [3.05, 3.63) is 89.7 Å². The third kappa shape index (κ3) is 6.32. The molecule has 0 aliphatic heterocycles. The van der Waals surface area contributed by atoms with E-state index < -0.39 is 28.3 Å². The number of ether oxygens (including phenoxy) is 1. The highest BCUT2D eigenvalue weighted by atomic mass is 32.2. The van der Waals surface area contributed by atoms with Crippen LogP contribution >= 0.6 is 0 Å². The maximum absolute atomic E-state index is 13.4. The van der Waals surface area contributed by atoms with Crippen molar-refractivity contribution in [1.29, 1.82) is 0 Å². The molecule has 3 aromatic rings. The quantitative estimate of drug-likeness (QED) is 0.508. The molecule has 0 aromatic heterocycles. The minimum absolute atomic E-state index is 0.0427. The average Bonchev–Trinajstić information content (AvgIpc) is 2.78. The molecular formula is C25H27FN2O4S. The molecule has 0 saturated heterocycles. The molecule has 0 aliphatic carbocycles. The fourth-order valence-corrected chi connectivity index (χ4v) is 4.61. The number of nitrogens with zero attached hydrogens (tertiary/aromatic N) is 1. The first-order valence-electron chi connectivity index (χ1n) is 10.5. The number of anilines is 1. The first-order valence-corrected chi connectivity index (χ1v) is 11.9. The monoisotopic (exact) mass is 470 g/mol. The summed E-state index contributed by atoms with van der Waals surface area (Å²) in [6.45, 7) is 5.30. The molecule has 3 rings (SSSR count). The fraction of sp³-hybridized carbons (Fsp3) is 0.240. The number of halogens is 1. The number of hydrogen-bond donors (Lipinski definition) is 1. The first-order chi connectivity index (χ1) is 15.7. The highest BCUT2D eigenvalue weighted by molar-refractivity contribution is 7.92. The SMILES string of the molecule is Cc1ccc(S(=O)(=O)N(CC(=O)NC(C)COc2ccccc2C)c2ccc(F)cc2)cc1. The van der Waals surface area contributed by atoms with Crippen LogP contribution in [0.3, 0.4) is 0 Å². The van der Waals surface area contributed by atoms with Crippen molar-refractivity contribution >= 4 is 21.6 Å². The zero-order valence-electron chi connectivity index (χ0n) is 18.8. The summed E-state index contributed by atoms with van der Waals surface area (Å²) >= 11 is 0. The number of hydrogen-bond acceptors (Lipinski definition) is 4. The Morgan fingerprint density at radius 3 is 2.27 bits per heavy atom. The molecule has 0 spiro atoms. The number of carbonyl (C=O) groups excluding carboxylic acids is 1. The summed E-state index contributed by atoms with van der Waals surface area (Å²) < 4.78 is 46.8. The van der Waals surface area contributed by atoms with Gasteiger partial charge in [0.2, 0.25) is 5.91 Å². The zero-order chi connectivity index (χ0) is 24.0. The Bertz CT molecular complexity index is 1200. The number of nitrogens with one attached hydrogen (secondary N) is 1. The second-order valence-electron chi connectivity index (χ2n) is 7.85. The predicted octanol–water partition coefficient (Wildman–Crippen LogP) is 4.22. The van der Waals surface area contributed by atoms with Crippen molar-refractivity contribution in [2.75, 3.05) is 17.5 Å². The molecule has 1 atom stereocenters. The van der Waals surface area contributed by atoms with Gasteiger partial charge in [-0.1, -0.05) is 35.9 Å². The van der Waals surface area contributed by atoms with Gasteiger partial charge in [0.05, 0.1) is 16.6 Å². The molecule has 8 heteroatoms. The Morgan fingerprint density at radius 1 is 1.00 bits per heavy atom. The normalized spacial score (nSPS) is 12.1. The summed E-state index contributed by atoms with van der Waals surface area (Å²) in [6.07, 6.45) is 0. The molecule has 1 unspecified atom stereocenters. The molecule has 0 bridgehead atoms. The van der Waals surface area contributed by atoms with E-state index in [0.29, 0.717) is 5.75 Å². The van der Waals surface area contributed by atoms with Crippen LogP contribution in [-0.2, 0) is 14.8 Å². The summed E-state index contributed by atoms with van der Waals surface area (Å²) in [5, 5.41) is 2.77. The Balaban J connectivity index is 1.75. The molecule has 174 valence electrons. The lowest BCUT2D eigenvalue weighted by Gasteiger charge is -2.25. The minimum atomic E-state index is -4.06. The molecule has 6 nitrogen and oxygen atoms in total. The lowest BCUT2D eigenvalue weighted by molar-refractivity contribution is -0.120. The number of benzene rings is 3. The largest absolute Gasteiger partial charge is 0.491 e. The highest BCUT2D eigenvalue weighted by Gasteiger charge is 2.27. The van der Waals surface area contributed by atoms with Crippen LogP contribution in [0.15, 0.2) is 77.7 Å². The molecule has 0 heterocycles. The second kappa shape index (κ2) is 10.5. The van der Waals surface area contributed by atoms with Crippen molar-refractivity contribution in [3.63, 3.8) is 0 Å². The van der Waals surface area contributed by atoms with Crippen molar-refractivity contribution in [2.45, 2.75) is 31.7 Å². The van der Waals surface area contributed by atoms with Gasteiger partial charge in [-0.05, 0) is 68.8 Å². The van der Waals surface area contributed by atoms with Crippen LogP contribution in [0, 0.1) is 19.7 Å². The lowest BCUT2D eigenvalue weighted by atomic mass is 10.2. The Hall–Kier alpha value is -3.39. The lowest BCUT2D eigenvalue weighted by Crippen LogP contribution is -2.45. The van der Waals surface area contributed by atoms with Crippen LogP contribution in [0.5, 0.6) is 5.75 Å². The van der Waals surface area contributed by atoms with E-state index in [2.05, 4.69) is 5.32 Å². The van der Waals surface area contributed by atoms with Gasteiger partial charge in [0, 0.05) is 0 Å². The van der Waals surface area contributed by atoms with Crippen LogP contribution < -0.4 is 14.4 Å². The van der Waals surface area contributed by atoms with Gasteiger partial charge in [0.1, 0.15) is 24.7 Å². The molecule has 33 heavy (non-hydrogen) atoms. The summed E-state index contributed by atoms with van der Waals surface area (Å²) in [5.74, 6) is -0.290. The van der Waals surface area contributed by atoms with E-state index in [-0.39, 0.29) is 23.2 Å². The standard InChI is InChI=1S/C25H27FN2O4S/c1-18-8-14-23(15-9-18)33(30,31)28(22-12-10-21(26)11-13-22)16-25(29)27-20(3)17-32-24-7-5-4-6-19(24)2/h4-15,20H,16-17H2,1-3H3,(H,27,29). The third-order valence-corrected chi connectivity index (χ3v) is 6.79. The number of sulfonamides is 1. The molecular weight excluding hydrogens is 443 g/mol.